The first-order valence-corrected chi connectivity index (χ1v) is 7.78. The van der Waals surface area contributed by atoms with Crippen molar-refractivity contribution in [3.8, 4) is 0 Å². The number of carbonyl (C=O) groups excluding carboxylic acids is 1. The lowest BCUT2D eigenvalue weighted by Crippen LogP contribution is -2.04. The van der Waals surface area contributed by atoms with Crippen LogP contribution in [0.25, 0.3) is 11.0 Å². The van der Waals surface area contributed by atoms with Crippen molar-refractivity contribution in [2.45, 2.75) is 6.42 Å². The highest BCUT2D eigenvalue weighted by Crippen LogP contribution is 2.28. The van der Waals surface area contributed by atoms with Crippen LogP contribution in [0.4, 0.5) is 4.39 Å². The van der Waals surface area contributed by atoms with Gasteiger partial charge in [-0.3, -0.25) is 4.79 Å². The summed E-state index contributed by atoms with van der Waals surface area (Å²) in [5.41, 5.74) is 0.962. The molecule has 0 amide bonds. The summed E-state index contributed by atoms with van der Waals surface area (Å²) in [6.07, 6.45) is -0.0390. The van der Waals surface area contributed by atoms with Gasteiger partial charge in [-0.2, -0.15) is 0 Å². The lowest BCUT2D eigenvalue weighted by molar-refractivity contribution is 0.0967. The molecule has 3 rings (SSSR count). The number of hydrogen-bond donors (Lipinski definition) is 0. The Hall–Kier alpha value is -1.46. The van der Waals surface area contributed by atoms with Crippen LogP contribution in [-0.4, -0.2) is 5.78 Å². The molecule has 0 spiro atoms. The van der Waals surface area contributed by atoms with Gasteiger partial charge in [-0.15, -0.1) is 0 Å². The summed E-state index contributed by atoms with van der Waals surface area (Å²) < 4.78 is 20.8. The van der Waals surface area contributed by atoms with E-state index >= 15 is 0 Å². The minimum Gasteiger partial charge on any atom is -0.452 e. The Morgan fingerprint density at radius 2 is 1.95 bits per heavy atom. The zero-order valence-electron chi connectivity index (χ0n) is 10.7. The predicted octanol–water partition coefficient (Wildman–Crippen LogP) is 5.52. The Balaban J connectivity index is 1.93. The first kappa shape index (κ1) is 14.5. The highest BCUT2D eigenvalue weighted by atomic mass is 79.9. The van der Waals surface area contributed by atoms with Crippen molar-refractivity contribution in [3.05, 3.63) is 68.6 Å². The molecule has 0 saturated heterocycles. The Morgan fingerprint density at radius 1 is 1.14 bits per heavy atom. The summed E-state index contributed by atoms with van der Waals surface area (Å²) in [4.78, 5) is 12.3. The highest BCUT2D eigenvalue weighted by Gasteiger charge is 2.16. The molecule has 0 aliphatic rings. The molecule has 2 nitrogen and oxygen atoms in total. The second-order valence-electron chi connectivity index (χ2n) is 4.60. The fraction of sp³-hybridized carbons (Fsp3) is 0.0625. The second-order valence-corrected chi connectivity index (χ2v) is 6.37. The molecule has 0 N–H and O–H groups in total. The molecular formula is C16H9Br2FO2. The van der Waals surface area contributed by atoms with Gasteiger partial charge in [0.25, 0.3) is 0 Å². The number of ketones is 1. The molecule has 0 atom stereocenters. The molecule has 106 valence electrons. The molecule has 0 saturated carbocycles. The van der Waals surface area contributed by atoms with E-state index in [0.29, 0.717) is 11.1 Å². The number of halogens is 3. The number of furan rings is 1. The maximum Gasteiger partial charge on any atom is 0.202 e. The minimum atomic E-state index is -0.399. The van der Waals surface area contributed by atoms with E-state index in [0.717, 1.165) is 14.3 Å². The third kappa shape index (κ3) is 2.94. The lowest BCUT2D eigenvalue weighted by Gasteiger charge is -2.02. The second kappa shape index (κ2) is 5.73. The van der Waals surface area contributed by atoms with Crippen molar-refractivity contribution < 1.29 is 13.6 Å². The third-order valence-corrected chi connectivity index (χ3v) is 4.25. The van der Waals surface area contributed by atoms with Gasteiger partial charge in [-0.25, -0.2) is 4.39 Å². The summed E-state index contributed by atoms with van der Waals surface area (Å²) in [6.45, 7) is 0. The molecule has 1 aromatic heterocycles. The molecule has 0 radical (unpaired) electrons. The third-order valence-electron chi connectivity index (χ3n) is 3.13. The predicted molar refractivity (Wildman–Crippen MR) is 86.0 cm³/mol. The molecule has 0 aliphatic heterocycles. The Labute approximate surface area is 137 Å². The van der Waals surface area contributed by atoms with E-state index in [-0.39, 0.29) is 18.0 Å². The van der Waals surface area contributed by atoms with E-state index in [1.54, 1.807) is 18.2 Å². The van der Waals surface area contributed by atoms with Crippen molar-refractivity contribution in [2.24, 2.45) is 0 Å². The van der Waals surface area contributed by atoms with E-state index in [1.807, 2.05) is 18.2 Å². The monoisotopic (exact) mass is 410 g/mol. The number of benzene rings is 2. The maximum absolute atomic E-state index is 13.7. The average molecular weight is 412 g/mol. The van der Waals surface area contributed by atoms with Gasteiger partial charge in [0.15, 0.2) is 5.76 Å². The molecule has 2 aromatic carbocycles. The minimum absolute atomic E-state index is 0.0390. The van der Waals surface area contributed by atoms with Crippen molar-refractivity contribution >= 4 is 48.6 Å². The van der Waals surface area contributed by atoms with Crippen molar-refractivity contribution in [2.75, 3.05) is 0 Å². The number of fused-ring (bicyclic) bond motifs is 1. The van der Waals surface area contributed by atoms with Crippen molar-refractivity contribution in [3.63, 3.8) is 0 Å². The summed E-state index contributed by atoms with van der Waals surface area (Å²) in [5, 5.41) is 0.836. The SMILES string of the molecule is O=C(Cc1cc(Br)ccc1F)c1cc2cccc(Br)c2o1. The fourth-order valence-corrected chi connectivity index (χ4v) is 2.97. The van der Waals surface area contributed by atoms with E-state index in [1.165, 1.54) is 6.07 Å². The quantitative estimate of drug-likeness (QED) is 0.531. The number of Topliss-reactive ketones (excluding diaryl/α,β-unsaturated/α-hetero) is 1. The molecule has 5 heteroatoms. The smallest absolute Gasteiger partial charge is 0.202 e. The zero-order valence-corrected chi connectivity index (χ0v) is 13.9. The van der Waals surface area contributed by atoms with Crippen LogP contribution in [0, 0.1) is 5.82 Å². The molecule has 0 aliphatic carbocycles. The number of hydrogen-bond acceptors (Lipinski definition) is 2. The van der Waals surface area contributed by atoms with Crippen LogP contribution < -0.4 is 0 Å². The summed E-state index contributed by atoms with van der Waals surface area (Å²) in [5.74, 6) is -0.421. The Bertz CT molecular complexity index is 839. The van der Waals surface area contributed by atoms with Gasteiger partial charge in [0.1, 0.15) is 11.4 Å². The van der Waals surface area contributed by atoms with Crippen LogP contribution in [0.1, 0.15) is 16.1 Å². The molecule has 1 heterocycles. The van der Waals surface area contributed by atoms with Crippen molar-refractivity contribution in [1.29, 1.82) is 0 Å². The fourth-order valence-electron chi connectivity index (χ4n) is 2.10. The number of para-hydroxylation sites is 1. The van der Waals surface area contributed by atoms with Gasteiger partial charge in [0.2, 0.25) is 5.78 Å². The van der Waals surface area contributed by atoms with Gasteiger partial charge < -0.3 is 4.42 Å². The van der Waals surface area contributed by atoms with Crippen LogP contribution in [0.2, 0.25) is 0 Å². The molecule has 0 fully saturated rings. The maximum atomic E-state index is 13.7. The van der Waals surface area contributed by atoms with Crippen LogP contribution >= 0.6 is 31.9 Å². The largest absolute Gasteiger partial charge is 0.452 e. The molecule has 0 unspecified atom stereocenters. The average Bonchev–Trinajstić information content (AvgIpc) is 2.88. The topological polar surface area (TPSA) is 30.2 Å². The first-order chi connectivity index (χ1) is 10.0. The summed E-state index contributed by atoms with van der Waals surface area (Å²) in [6, 6.07) is 11.8. The summed E-state index contributed by atoms with van der Waals surface area (Å²) >= 11 is 6.65. The normalized spacial score (nSPS) is 11.0. The molecular weight excluding hydrogens is 403 g/mol. The molecule has 21 heavy (non-hydrogen) atoms. The summed E-state index contributed by atoms with van der Waals surface area (Å²) in [7, 11) is 0. The standard InChI is InChI=1S/C16H9Br2FO2/c17-11-4-5-13(19)10(6-11)7-14(20)15-8-9-2-1-3-12(18)16(9)21-15/h1-6,8H,7H2. The van der Waals surface area contributed by atoms with E-state index in [2.05, 4.69) is 31.9 Å². The van der Waals surface area contributed by atoms with Crippen molar-refractivity contribution in [1.82, 2.24) is 0 Å². The van der Waals surface area contributed by atoms with Crippen LogP contribution in [-0.2, 0) is 6.42 Å². The number of carbonyl (C=O) groups is 1. The Morgan fingerprint density at radius 3 is 2.71 bits per heavy atom. The lowest BCUT2D eigenvalue weighted by atomic mass is 10.1. The van der Waals surface area contributed by atoms with Crippen LogP contribution in [0.3, 0.4) is 0 Å². The van der Waals surface area contributed by atoms with Gasteiger partial charge in [-0.05, 0) is 51.8 Å². The van der Waals surface area contributed by atoms with Crippen LogP contribution in [0.15, 0.2) is 55.8 Å². The number of rotatable bonds is 3. The van der Waals surface area contributed by atoms with Gasteiger partial charge in [0.05, 0.1) is 4.47 Å². The van der Waals surface area contributed by atoms with Gasteiger partial charge >= 0.3 is 0 Å². The highest BCUT2D eigenvalue weighted by molar-refractivity contribution is 9.11. The molecule has 3 aromatic rings. The zero-order chi connectivity index (χ0) is 15.0. The van der Waals surface area contributed by atoms with Gasteiger partial charge in [0, 0.05) is 16.3 Å². The Kier molecular flexibility index (Phi) is 3.95. The van der Waals surface area contributed by atoms with E-state index < -0.39 is 5.82 Å². The van der Waals surface area contributed by atoms with E-state index in [4.69, 9.17) is 4.42 Å². The molecule has 0 bridgehead atoms. The first-order valence-electron chi connectivity index (χ1n) is 6.20. The van der Waals surface area contributed by atoms with Crippen LogP contribution in [0.5, 0.6) is 0 Å². The van der Waals surface area contributed by atoms with Gasteiger partial charge in [-0.1, -0.05) is 28.1 Å². The van der Waals surface area contributed by atoms with E-state index in [9.17, 15) is 9.18 Å².